The van der Waals surface area contributed by atoms with Crippen molar-refractivity contribution in [3.8, 4) is 22.6 Å². The van der Waals surface area contributed by atoms with Crippen LogP contribution >= 0.6 is 27.5 Å². The average Bonchev–Trinajstić information content (AvgIpc) is 2.50. The van der Waals surface area contributed by atoms with Gasteiger partial charge in [0.05, 0.1) is 7.11 Å². The number of ether oxygens (including phenoxy) is 2. The van der Waals surface area contributed by atoms with Gasteiger partial charge in [-0.05, 0) is 36.4 Å². The third-order valence-electron chi connectivity index (χ3n) is 2.63. The van der Waals surface area contributed by atoms with E-state index in [0.29, 0.717) is 26.4 Å². The highest BCUT2D eigenvalue weighted by molar-refractivity contribution is 9.10. The van der Waals surface area contributed by atoms with E-state index < -0.39 is 6.36 Å². The Morgan fingerprint density at radius 2 is 1.74 bits per heavy atom. The Labute approximate surface area is 144 Å². The molecular weight excluding hydrogens is 401 g/mol. The largest absolute Gasteiger partial charge is 0.573 e. The first-order valence-corrected chi connectivity index (χ1v) is 7.15. The van der Waals surface area contributed by atoms with Gasteiger partial charge in [0.15, 0.2) is 0 Å². The molecule has 8 heteroatoms. The third kappa shape index (κ3) is 5.44. The van der Waals surface area contributed by atoms with Crippen LogP contribution < -0.4 is 9.47 Å². The summed E-state index contributed by atoms with van der Waals surface area (Å²) in [6, 6.07) is 8.86. The quantitative estimate of drug-likeness (QED) is 0.670. The second-order valence-corrected chi connectivity index (χ2v) is 5.32. The molecule has 0 fully saturated rings. The number of hydrogen-bond donors (Lipinski definition) is 0. The predicted molar refractivity (Wildman–Crippen MR) is 84.9 cm³/mol. The van der Waals surface area contributed by atoms with E-state index in [2.05, 4.69) is 20.7 Å². The maximum Gasteiger partial charge on any atom is 0.573 e. The summed E-state index contributed by atoms with van der Waals surface area (Å²) in [6.45, 7) is 2.00. The first kappa shape index (κ1) is 19.3. The predicted octanol–water partition coefficient (Wildman–Crippen LogP) is 5.49. The molecule has 0 unspecified atom stereocenters. The number of halogens is 5. The topological polar surface area (TPSA) is 35.5 Å². The molecule has 0 aliphatic carbocycles. The highest BCUT2D eigenvalue weighted by Gasteiger charge is 2.31. The standard InChI is InChI=1S/C14H9BrClF3O2.CH2O/c1-20-13-6-8(16)2-4-10(13)11-7-9(3-5-12(11)15)21-14(17,18)19;1-2/h2-7H,1H3;1H2. The molecule has 23 heavy (non-hydrogen) atoms. The summed E-state index contributed by atoms with van der Waals surface area (Å²) in [6.07, 6.45) is -4.74. The normalized spacial score (nSPS) is 10.5. The Morgan fingerprint density at radius 1 is 1.09 bits per heavy atom. The molecule has 0 saturated heterocycles. The minimum atomic E-state index is -4.74. The molecule has 0 aromatic heterocycles. The van der Waals surface area contributed by atoms with Crippen LogP contribution in [0, 0.1) is 0 Å². The van der Waals surface area contributed by atoms with Gasteiger partial charge in [-0.1, -0.05) is 27.5 Å². The number of alkyl halides is 3. The van der Waals surface area contributed by atoms with Crippen molar-refractivity contribution in [2.45, 2.75) is 6.36 Å². The van der Waals surface area contributed by atoms with E-state index in [1.807, 2.05) is 6.79 Å². The number of carbonyl (C=O) groups excluding carboxylic acids is 1. The van der Waals surface area contributed by atoms with E-state index in [1.54, 1.807) is 18.2 Å². The van der Waals surface area contributed by atoms with E-state index in [1.165, 1.54) is 25.3 Å². The first-order valence-electron chi connectivity index (χ1n) is 5.98. The van der Waals surface area contributed by atoms with Crippen molar-refractivity contribution in [3.05, 3.63) is 45.9 Å². The van der Waals surface area contributed by atoms with Crippen molar-refractivity contribution in [2.75, 3.05) is 7.11 Å². The van der Waals surface area contributed by atoms with Crippen LogP contribution in [0.4, 0.5) is 13.2 Å². The van der Waals surface area contributed by atoms with Crippen LogP contribution in [-0.2, 0) is 4.79 Å². The first-order chi connectivity index (χ1) is 10.8. The molecule has 0 radical (unpaired) electrons. The Kier molecular flexibility index (Phi) is 6.90. The smallest absolute Gasteiger partial charge is 0.496 e. The highest BCUT2D eigenvalue weighted by atomic mass is 79.9. The fourth-order valence-corrected chi connectivity index (χ4v) is 2.42. The van der Waals surface area contributed by atoms with Crippen LogP contribution in [0.25, 0.3) is 11.1 Å². The molecule has 0 saturated carbocycles. The van der Waals surface area contributed by atoms with Crippen molar-refractivity contribution >= 4 is 34.3 Å². The molecule has 0 bridgehead atoms. The summed E-state index contributed by atoms with van der Waals surface area (Å²) < 4.78 is 46.6. The Morgan fingerprint density at radius 3 is 2.30 bits per heavy atom. The number of benzene rings is 2. The average molecular weight is 412 g/mol. The minimum Gasteiger partial charge on any atom is -0.496 e. The van der Waals surface area contributed by atoms with Crippen LogP contribution in [0.3, 0.4) is 0 Å². The maximum absolute atomic E-state index is 12.3. The molecule has 0 N–H and O–H groups in total. The summed E-state index contributed by atoms with van der Waals surface area (Å²) in [5.74, 6) is 0.144. The van der Waals surface area contributed by atoms with Crippen molar-refractivity contribution < 1.29 is 27.4 Å². The zero-order chi connectivity index (χ0) is 17.6. The lowest BCUT2D eigenvalue weighted by Crippen LogP contribution is -2.17. The number of methoxy groups -OCH3 is 1. The summed E-state index contributed by atoms with van der Waals surface area (Å²) in [5, 5.41) is 0.467. The SMILES string of the molecule is C=O.COc1cc(Cl)ccc1-c1cc(OC(F)(F)F)ccc1Br. The molecule has 0 aliphatic rings. The molecule has 2 rings (SSSR count). The van der Waals surface area contributed by atoms with Crippen molar-refractivity contribution in [3.63, 3.8) is 0 Å². The lowest BCUT2D eigenvalue weighted by Gasteiger charge is -2.14. The molecule has 2 aromatic rings. The molecule has 3 nitrogen and oxygen atoms in total. The molecular formula is C15H11BrClF3O3. The van der Waals surface area contributed by atoms with Crippen LogP contribution in [-0.4, -0.2) is 20.3 Å². The van der Waals surface area contributed by atoms with Gasteiger partial charge >= 0.3 is 6.36 Å². The fraction of sp³-hybridized carbons (Fsp3) is 0.133. The lowest BCUT2D eigenvalue weighted by molar-refractivity contribution is -0.274. The molecule has 124 valence electrons. The van der Waals surface area contributed by atoms with Crippen molar-refractivity contribution in [1.29, 1.82) is 0 Å². The molecule has 0 spiro atoms. The van der Waals surface area contributed by atoms with Gasteiger partial charge in [-0.2, -0.15) is 0 Å². The summed E-state index contributed by atoms with van der Waals surface area (Å²) in [5.41, 5.74) is 1.10. The molecule has 0 atom stereocenters. The van der Waals surface area contributed by atoms with E-state index in [9.17, 15) is 13.2 Å². The van der Waals surface area contributed by atoms with E-state index in [0.717, 1.165) is 0 Å². The van der Waals surface area contributed by atoms with Gasteiger partial charge in [0, 0.05) is 20.6 Å². The van der Waals surface area contributed by atoms with Crippen LogP contribution in [0.15, 0.2) is 40.9 Å². The molecule has 0 heterocycles. The van der Waals surface area contributed by atoms with Gasteiger partial charge in [0.1, 0.15) is 18.3 Å². The molecule has 2 aromatic carbocycles. The second kappa shape index (κ2) is 8.21. The van der Waals surface area contributed by atoms with E-state index in [4.69, 9.17) is 21.1 Å². The Bertz CT molecular complexity index is 678. The van der Waals surface area contributed by atoms with Gasteiger partial charge in [-0.15, -0.1) is 13.2 Å². The van der Waals surface area contributed by atoms with Crippen LogP contribution in [0.5, 0.6) is 11.5 Å². The van der Waals surface area contributed by atoms with Gasteiger partial charge in [0.2, 0.25) is 0 Å². The highest BCUT2D eigenvalue weighted by Crippen LogP contribution is 2.39. The minimum absolute atomic E-state index is 0.308. The van der Waals surface area contributed by atoms with Gasteiger partial charge in [-0.3, -0.25) is 0 Å². The van der Waals surface area contributed by atoms with E-state index >= 15 is 0 Å². The Balaban J connectivity index is 0.00000127. The van der Waals surface area contributed by atoms with Gasteiger partial charge in [0.25, 0.3) is 0 Å². The lowest BCUT2D eigenvalue weighted by atomic mass is 10.0. The maximum atomic E-state index is 12.3. The molecule has 0 aliphatic heterocycles. The zero-order valence-corrected chi connectivity index (χ0v) is 14.1. The summed E-state index contributed by atoms with van der Waals surface area (Å²) >= 11 is 9.18. The van der Waals surface area contributed by atoms with Crippen LogP contribution in [0.1, 0.15) is 0 Å². The number of carbonyl (C=O) groups is 1. The Hall–Kier alpha value is -1.73. The third-order valence-corrected chi connectivity index (χ3v) is 3.55. The zero-order valence-electron chi connectivity index (χ0n) is 11.8. The number of hydrogen-bond acceptors (Lipinski definition) is 3. The van der Waals surface area contributed by atoms with Gasteiger partial charge < -0.3 is 14.3 Å². The van der Waals surface area contributed by atoms with Crippen molar-refractivity contribution in [1.82, 2.24) is 0 Å². The van der Waals surface area contributed by atoms with Gasteiger partial charge in [-0.25, -0.2) is 0 Å². The monoisotopic (exact) mass is 410 g/mol. The molecule has 0 amide bonds. The van der Waals surface area contributed by atoms with E-state index in [-0.39, 0.29) is 5.75 Å². The summed E-state index contributed by atoms with van der Waals surface area (Å²) in [7, 11) is 1.46. The number of rotatable bonds is 3. The summed E-state index contributed by atoms with van der Waals surface area (Å²) in [4.78, 5) is 8.00. The van der Waals surface area contributed by atoms with Crippen LogP contribution in [0.2, 0.25) is 5.02 Å². The van der Waals surface area contributed by atoms with Crippen molar-refractivity contribution in [2.24, 2.45) is 0 Å². The second-order valence-electron chi connectivity index (χ2n) is 4.03. The fourth-order valence-electron chi connectivity index (χ4n) is 1.80.